The molecule has 0 saturated carbocycles. The van der Waals surface area contributed by atoms with E-state index in [9.17, 15) is 0 Å². The van der Waals surface area contributed by atoms with Gasteiger partial charge >= 0.3 is 0 Å². The standard InChI is InChI=1S/C30H21P/c1-3-11-24(12-4-1)31(25-13-5-2-6-14-25)29-17-8-7-15-27(29)26-21-20-23-19-18-22-10-9-16-28(26)30(22)23/h1-21H. The summed E-state index contributed by atoms with van der Waals surface area (Å²) in [7, 11) is -0.661. The molecular formula is C30H21P. The van der Waals surface area contributed by atoms with Crippen molar-refractivity contribution in [3.8, 4) is 11.1 Å². The molecule has 5 aromatic carbocycles. The van der Waals surface area contributed by atoms with E-state index in [1.54, 1.807) is 0 Å². The predicted octanol–water partition coefficient (Wildman–Crippen LogP) is 6.75. The Balaban J connectivity index is 1.62. The van der Waals surface area contributed by atoms with E-state index in [0.717, 1.165) is 0 Å². The van der Waals surface area contributed by atoms with Gasteiger partial charge in [-0.15, -0.1) is 0 Å². The molecule has 0 nitrogen and oxygen atoms in total. The predicted molar refractivity (Wildman–Crippen MR) is 137 cm³/mol. The monoisotopic (exact) mass is 412 g/mol. The van der Waals surface area contributed by atoms with E-state index >= 15 is 0 Å². The molecule has 0 aromatic heterocycles. The van der Waals surface area contributed by atoms with Gasteiger partial charge in [0.15, 0.2) is 0 Å². The largest absolute Gasteiger partial charge is 0.0622 e. The Kier molecular flexibility index (Phi) is 4.52. The topological polar surface area (TPSA) is 0 Å². The Bertz CT molecular complexity index is 1360. The van der Waals surface area contributed by atoms with E-state index in [1.165, 1.54) is 48.9 Å². The molecule has 0 amide bonds. The Morgan fingerprint density at radius 3 is 1.74 bits per heavy atom. The number of hydrogen-bond donors (Lipinski definition) is 0. The lowest BCUT2D eigenvalue weighted by molar-refractivity contribution is 1.67. The second kappa shape index (κ2) is 7.65. The van der Waals surface area contributed by atoms with Crippen molar-refractivity contribution in [3.63, 3.8) is 0 Å². The smallest absolute Gasteiger partial charge is 0.00326 e. The molecule has 0 radical (unpaired) electrons. The number of rotatable bonds is 4. The van der Waals surface area contributed by atoms with Gasteiger partial charge in [-0.05, 0) is 56.9 Å². The van der Waals surface area contributed by atoms with Crippen LogP contribution >= 0.6 is 7.92 Å². The maximum Gasteiger partial charge on any atom is -0.00326 e. The lowest BCUT2D eigenvalue weighted by atomic mass is 9.95. The molecule has 0 fully saturated rings. The summed E-state index contributed by atoms with van der Waals surface area (Å²) in [6.07, 6.45) is 4.46. The average molecular weight is 412 g/mol. The molecule has 1 heteroatoms. The zero-order chi connectivity index (χ0) is 20.6. The first kappa shape index (κ1) is 18.3. The molecule has 0 heterocycles. The summed E-state index contributed by atoms with van der Waals surface area (Å²) in [6.45, 7) is 0. The molecule has 1 aliphatic rings. The van der Waals surface area contributed by atoms with E-state index < -0.39 is 7.92 Å². The minimum Gasteiger partial charge on any atom is -0.0622 e. The highest BCUT2D eigenvalue weighted by atomic mass is 31.1. The molecule has 0 spiro atoms. The van der Waals surface area contributed by atoms with Crippen LogP contribution in [0.1, 0.15) is 11.1 Å². The molecule has 0 N–H and O–H groups in total. The molecule has 0 saturated heterocycles. The van der Waals surface area contributed by atoms with Gasteiger partial charge in [-0.2, -0.15) is 0 Å². The third kappa shape index (κ3) is 3.12. The van der Waals surface area contributed by atoms with Gasteiger partial charge in [0.25, 0.3) is 0 Å². The molecule has 0 bridgehead atoms. The van der Waals surface area contributed by atoms with Gasteiger partial charge in [-0.3, -0.25) is 0 Å². The molecule has 31 heavy (non-hydrogen) atoms. The first-order valence-corrected chi connectivity index (χ1v) is 12.0. The van der Waals surface area contributed by atoms with Crippen LogP contribution in [0.25, 0.3) is 34.1 Å². The SMILES string of the molecule is C1=Cc2ccc(-c3ccccc3P(c3ccccc3)c3ccccc3)c3cccc1c23. The highest BCUT2D eigenvalue weighted by Crippen LogP contribution is 2.41. The van der Waals surface area contributed by atoms with E-state index in [4.69, 9.17) is 0 Å². The molecule has 5 aromatic rings. The normalized spacial score (nSPS) is 12.0. The van der Waals surface area contributed by atoms with Crippen molar-refractivity contribution in [3.05, 3.63) is 126 Å². The van der Waals surface area contributed by atoms with Crippen LogP contribution in [0, 0.1) is 0 Å². The van der Waals surface area contributed by atoms with Crippen molar-refractivity contribution < 1.29 is 0 Å². The summed E-state index contributed by atoms with van der Waals surface area (Å²) in [5.41, 5.74) is 5.29. The second-order valence-corrected chi connectivity index (χ2v) is 10.0. The summed E-state index contributed by atoms with van der Waals surface area (Å²) < 4.78 is 0. The first-order valence-electron chi connectivity index (χ1n) is 10.6. The van der Waals surface area contributed by atoms with Gasteiger partial charge in [0.2, 0.25) is 0 Å². The molecule has 1 aliphatic carbocycles. The second-order valence-electron chi connectivity index (χ2n) is 7.83. The fourth-order valence-electron chi connectivity index (χ4n) is 4.63. The highest BCUT2D eigenvalue weighted by Gasteiger charge is 2.21. The van der Waals surface area contributed by atoms with Crippen LogP contribution in [0.4, 0.5) is 0 Å². The van der Waals surface area contributed by atoms with Crippen molar-refractivity contribution in [2.24, 2.45) is 0 Å². The maximum atomic E-state index is 2.32. The minimum absolute atomic E-state index is 0.661. The molecule has 0 atom stereocenters. The van der Waals surface area contributed by atoms with Crippen LogP contribution in [-0.2, 0) is 0 Å². The van der Waals surface area contributed by atoms with Crippen molar-refractivity contribution in [2.75, 3.05) is 0 Å². The van der Waals surface area contributed by atoms with Gasteiger partial charge in [0.05, 0.1) is 0 Å². The van der Waals surface area contributed by atoms with Crippen LogP contribution in [-0.4, -0.2) is 0 Å². The van der Waals surface area contributed by atoms with Crippen LogP contribution < -0.4 is 15.9 Å². The highest BCUT2D eigenvalue weighted by molar-refractivity contribution is 7.80. The minimum atomic E-state index is -0.661. The lowest BCUT2D eigenvalue weighted by Gasteiger charge is -2.23. The zero-order valence-electron chi connectivity index (χ0n) is 17.1. The zero-order valence-corrected chi connectivity index (χ0v) is 18.0. The average Bonchev–Trinajstić information content (AvgIpc) is 3.26. The van der Waals surface area contributed by atoms with Crippen molar-refractivity contribution in [1.29, 1.82) is 0 Å². The summed E-state index contributed by atoms with van der Waals surface area (Å²) in [5.74, 6) is 0. The first-order chi connectivity index (χ1) is 15.4. The van der Waals surface area contributed by atoms with E-state index in [1.807, 2.05) is 0 Å². The third-order valence-corrected chi connectivity index (χ3v) is 8.51. The van der Waals surface area contributed by atoms with E-state index in [0.29, 0.717) is 0 Å². The molecule has 0 unspecified atom stereocenters. The van der Waals surface area contributed by atoms with Gasteiger partial charge in [-0.25, -0.2) is 0 Å². The quantitative estimate of drug-likeness (QED) is 0.281. The fraction of sp³-hybridized carbons (Fsp3) is 0. The number of hydrogen-bond acceptors (Lipinski definition) is 0. The van der Waals surface area contributed by atoms with Gasteiger partial charge < -0.3 is 0 Å². The van der Waals surface area contributed by atoms with Crippen LogP contribution in [0.3, 0.4) is 0 Å². The Labute approximate surface area is 184 Å². The summed E-state index contributed by atoms with van der Waals surface area (Å²) in [6, 6.07) is 42.1. The van der Waals surface area contributed by atoms with E-state index in [-0.39, 0.29) is 0 Å². The molecule has 146 valence electrons. The van der Waals surface area contributed by atoms with Gasteiger partial charge in [-0.1, -0.05) is 127 Å². The Morgan fingerprint density at radius 2 is 1.03 bits per heavy atom. The molecule has 6 rings (SSSR count). The van der Waals surface area contributed by atoms with Gasteiger partial charge in [0, 0.05) is 0 Å². The van der Waals surface area contributed by atoms with Crippen LogP contribution in [0.15, 0.2) is 115 Å². The third-order valence-electron chi connectivity index (χ3n) is 6.01. The summed E-state index contributed by atoms with van der Waals surface area (Å²) in [4.78, 5) is 0. The summed E-state index contributed by atoms with van der Waals surface area (Å²) >= 11 is 0. The number of benzene rings is 5. The fourth-order valence-corrected chi connectivity index (χ4v) is 7.10. The van der Waals surface area contributed by atoms with Crippen molar-refractivity contribution >= 4 is 46.8 Å². The Hall–Kier alpha value is -3.47. The maximum absolute atomic E-state index is 2.32. The Morgan fingerprint density at radius 1 is 0.419 bits per heavy atom. The lowest BCUT2D eigenvalue weighted by Crippen LogP contribution is -2.22. The van der Waals surface area contributed by atoms with Crippen LogP contribution in [0.2, 0.25) is 0 Å². The van der Waals surface area contributed by atoms with Crippen molar-refractivity contribution in [2.45, 2.75) is 0 Å². The summed E-state index contributed by atoms with van der Waals surface area (Å²) in [5, 5.41) is 6.87. The molecule has 0 aliphatic heterocycles. The van der Waals surface area contributed by atoms with Crippen molar-refractivity contribution in [1.82, 2.24) is 0 Å². The van der Waals surface area contributed by atoms with Gasteiger partial charge in [0.1, 0.15) is 0 Å². The molecular weight excluding hydrogens is 391 g/mol. The van der Waals surface area contributed by atoms with E-state index in [2.05, 4.69) is 127 Å². The van der Waals surface area contributed by atoms with Crippen LogP contribution in [0.5, 0.6) is 0 Å².